The Hall–Kier alpha value is -4.78. The molecule has 9 heteroatoms. The normalized spacial score (nSPS) is 23.3. The minimum atomic E-state index is -0.452. The topological polar surface area (TPSA) is 93.5 Å². The Balaban J connectivity index is 1.25. The van der Waals surface area contributed by atoms with E-state index < -0.39 is 6.04 Å². The number of likely N-dealkylation sites (N-methyl/N-ethyl adjacent to an activating group) is 1. The first kappa shape index (κ1) is 32.8. The molecule has 4 aromatic carbocycles. The molecule has 4 aromatic rings. The fraction of sp³-hybridized carbons (Fsp3) is 0.400. The van der Waals surface area contributed by atoms with Gasteiger partial charge in [0.2, 0.25) is 0 Å². The Labute approximate surface area is 287 Å². The van der Waals surface area contributed by atoms with E-state index in [0.29, 0.717) is 35.8 Å². The van der Waals surface area contributed by atoms with Crippen LogP contribution in [0.25, 0.3) is 10.8 Å². The number of nitriles is 1. The Morgan fingerprint density at radius 1 is 0.837 bits per heavy atom. The van der Waals surface area contributed by atoms with E-state index in [1.807, 2.05) is 30.3 Å². The number of ether oxygens (including phenoxy) is 5. The number of hydrogen-bond donors (Lipinski definition) is 0. The van der Waals surface area contributed by atoms with Crippen molar-refractivity contribution in [2.45, 2.75) is 62.3 Å². The Morgan fingerprint density at radius 3 is 2.10 bits per heavy atom. The van der Waals surface area contributed by atoms with Gasteiger partial charge in [-0.05, 0) is 88.7 Å². The first-order valence-electron chi connectivity index (χ1n) is 16.8. The molecule has 0 aliphatic carbocycles. The SMILES string of the molecule is COc1cc2c(cc1OC)[C@@H]1[C@@H]3Cc4cc(OC)c(OC)cc4[C@H](COC(=O)CC(C)c4cccc5ccccc45)N3[C@@H](C#N)[C@H](C2)N1C. The van der Waals surface area contributed by atoms with Crippen molar-refractivity contribution < 1.29 is 28.5 Å². The molecule has 3 aliphatic rings. The van der Waals surface area contributed by atoms with Crippen LogP contribution in [0.3, 0.4) is 0 Å². The number of esters is 1. The minimum Gasteiger partial charge on any atom is -0.493 e. The van der Waals surface area contributed by atoms with Gasteiger partial charge in [0.15, 0.2) is 23.0 Å². The summed E-state index contributed by atoms with van der Waals surface area (Å²) < 4.78 is 29.1. The van der Waals surface area contributed by atoms with Gasteiger partial charge in [-0.1, -0.05) is 49.4 Å². The summed E-state index contributed by atoms with van der Waals surface area (Å²) in [5.41, 5.74) is 5.51. The lowest BCUT2D eigenvalue weighted by atomic mass is 9.72. The number of rotatable bonds is 9. The zero-order valence-corrected chi connectivity index (χ0v) is 28.9. The lowest BCUT2D eigenvalue weighted by Gasteiger charge is -2.59. The summed E-state index contributed by atoms with van der Waals surface area (Å²) in [4.78, 5) is 18.3. The molecule has 254 valence electrons. The summed E-state index contributed by atoms with van der Waals surface area (Å²) in [6.07, 6.45) is 1.59. The van der Waals surface area contributed by atoms with E-state index in [4.69, 9.17) is 23.7 Å². The monoisotopic (exact) mass is 661 g/mol. The van der Waals surface area contributed by atoms with Crippen molar-refractivity contribution in [3.63, 3.8) is 0 Å². The van der Waals surface area contributed by atoms with Crippen LogP contribution in [0.2, 0.25) is 0 Å². The maximum atomic E-state index is 13.6. The summed E-state index contributed by atoms with van der Waals surface area (Å²) in [6.45, 7) is 2.18. The molecule has 49 heavy (non-hydrogen) atoms. The summed E-state index contributed by atoms with van der Waals surface area (Å²) in [6, 6.07) is 24.3. The summed E-state index contributed by atoms with van der Waals surface area (Å²) in [5, 5.41) is 13.1. The van der Waals surface area contributed by atoms with Crippen LogP contribution in [0.4, 0.5) is 0 Å². The van der Waals surface area contributed by atoms with Gasteiger partial charge < -0.3 is 23.7 Å². The third-order valence-corrected chi connectivity index (χ3v) is 10.9. The van der Waals surface area contributed by atoms with E-state index in [9.17, 15) is 10.1 Å². The van der Waals surface area contributed by atoms with Crippen molar-refractivity contribution in [3.8, 4) is 29.1 Å². The molecule has 0 spiro atoms. The van der Waals surface area contributed by atoms with E-state index >= 15 is 0 Å². The molecule has 0 radical (unpaired) electrons. The molecule has 0 aromatic heterocycles. The van der Waals surface area contributed by atoms with Crippen molar-refractivity contribution in [1.82, 2.24) is 9.80 Å². The summed E-state index contributed by atoms with van der Waals surface area (Å²) in [5.74, 6) is 2.30. The number of methoxy groups -OCH3 is 4. The Bertz CT molecular complexity index is 1930. The van der Waals surface area contributed by atoms with Crippen LogP contribution in [0.1, 0.15) is 59.2 Å². The second-order valence-electron chi connectivity index (χ2n) is 13.4. The third kappa shape index (κ3) is 5.53. The molecule has 1 fully saturated rings. The molecule has 6 atom stereocenters. The van der Waals surface area contributed by atoms with Crippen molar-refractivity contribution in [2.75, 3.05) is 42.1 Å². The number of carbonyl (C=O) groups is 1. The van der Waals surface area contributed by atoms with Gasteiger partial charge in [0, 0.05) is 12.1 Å². The van der Waals surface area contributed by atoms with Crippen molar-refractivity contribution in [3.05, 3.63) is 94.5 Å². The number of hydrogen-bond acceptors (Lipinski definition) is 9. The maximum Gasteiger partial charge on any atom is 0.306 e. The predicted molar refractivity (Wildman–Crippen MR) is 186 cm³/mol. The fourth-order valence-corrected chi connectivity index (χ4v) is 8.62. The number of benzene rings is 4. The maximum absolute atomic E-state index is 13.6. The largest absolute Gasteiger partial charge is 0.493 e. The first-order valence-corrected chi connectivity index (χ1v) is 16.8. The van der Waals surface area contributed by atoms with E-state index in [0.717, 1.165) is 38.6 Å². The average molecular weight is 662 g/mol. The zero-order valence-electron chi connectivity index (χ0n) is 28.9. The van der Waals surface area contributed by atoms with Gasteiger partial charge in [0.25, 0.3) is 0 Å². The minimum absolute atomic E-state index is 0.0346. The number of carbonyl (C=O) groups excluding carboxylic acids is 1. The van der Waals surface area contributed by atoms with Gasteiger partial charge in [-0.25, -0.2) is 0 Å². The second-order valence-corrected chi connectivity index (χ2v) is 13.4. The van der Waals surface area contributed by atoms with E-state index in [1.165, 1.54) is 0 Å². The number of nitrogens with zero attached hydrogens (tertiary/aromatic N) is 3. The van der Waals surface area contributed by atoms with Gasteiger partial charge in [-0.15, -0.1) is 0 Å². The molecule has 0 saturated carbocycles. The van der Waals surface area contributed by atoms with E-state index in [-0.39, 0.29) is 49.1 Å². The molecule has 3 aliphatic heterocycles. The standard InChI is InChI=1S/C40H43N3O6/c1-23(27-13-9-11-24-10-7-8-12-28(24)27)14-39(44)49-22-34-29-19-37(47-5)35(45-3)17-25(29)16-32-40-30-20-38(48-6)36(46-4)18-26(30)15-31(42(40)2)33(21-41)43(32)34/h7-13,17-20,23,31-34,40H,14-16,22H2,1-6H3/t23?,31-,32-,33-,34-,40+/m0/s1. The Morgan fingerprint density at radius 2 is 1.43 bits per heavy atom. The summed E-state index contributed by atoms with van der Waals surface area (Å²) in [7, 11) is 8.67. The number of piperazine rings is 1. The lowest BCUT2D eigenvalue weighted by molar-refractivity contribution is -0.149. The lowest BCUT2D eigenvalue weighted by Crippen LogP contribution is -2.68. The highest BCUT2D eigenvalue weighted by molar-refractivity contribution is 5.86. The van der Waals surface area contributed by atoms with Crippen molar-refractivity contribution in [2.24, 2.45) is 0 Å². The van der Waals surface area contributed by atoms with Gasteiger partial charge in [-0.2, -0.15) is 5.26 Å². The van der Waals surface area contributed by atoms with Gasteiger partial charge in [0.1, 0.15) is 12.6 Å². The van der Waals surface area contributed by atoms with E-state index in [1.54, 1.807) is 28.4 Å². The van der Waals surface area contributed by atoms with Crippen LogP contribution in [0.5, 0.6) is 23.0 Å². The number of fused-ring (bicyclic) bond motifs is 8. The van der Waals surface area contributed by atoms with Crippen molar-refractivity contribution >= 4 is 16.7 Å². The fourth-order valence-electron chi connectivity index (χ4n) is 8.62. The molecule has 0 N–H and O–H groups in total. The molecular formula is C40H43N3O6. The van der Waals surface area contributed by atoms with Crippen LogP contribution in [-0.4, -0.2) is 76.0 Å². The van der Waals surface area contributed by atoms with Crippen LogP contribution in [-0.2, 0) is 22.4 Å². The van der Waals surface area contributed by atoms with Crippen LogP contribution in [0.15, 0.2) is 66.7 Å². The highest BCUT2D eigenvalue weighted by atomic mass is 16.5. The molecule has 9 nitrogen and oxygen atoms in total. The second kappa shape index (κ2) is 13.3. The van der Waals surface area contributed by atoms with Crippen LogP contribution in [0, 0.1) is 11.3 Å². The molecule has 2 bridgehead atoms. The van der Waals surface area contributed by atoms with Gasteiger partial charge >= 0.3 is 5.97 Å². The molecule has 1 saturated heterocycles. The van der Waals surface area contributed by atoms with Crippen molar-refractivity contribution in [1.29, 1.82) is 5.26 Å². The smallest absolute Gasteiger partial charge is 0.306 e. The van der Waals surface area contributed by atoms with Gasteiger partial charge in [0.05, 0.1) is 53.0 Å². The third-order valence-electron chi connectivity index (χ3n) is 10.9. The predicted octanol–water partition coefficient (Wildman–Crippen LogP) is 6.38. The zero-order chi connectivity index (χ0) is 34.4. The molecule has 1 unspecified atom stereocenters. The Kier molecular flexibility index (Phi) is 8.86. The highest BCUT2D eigenvalue weighted by Gasteiger charge is 2.54. The quantitative estimate of drug-likeness (QED) is 0.190. The highest BCUT2D eigenvalue weighted by Crippen LogP contribution is 2.52. The van der Waals surface area contributed by atoms with Crippen LogP contribution >= 0.6 is 0 Å². The molecular weight excluding hydrogens is 618 g/mol. The van der Waals surface area contributed by atoms with E-state index in [2.05, 4.69) is 66.2 Å². The van der Waals surface area contributed by atoms with Gasteiger partial charge in [-0.3, -0.25) is 14.6 Å². The summed E-state index contributed by atoms with van der Waals surface area (Å²) >= 11 is 0. The molecule has 0 amide bonds. The average Bonchev–Trinajstić information content (AvgIpc) is 3.12. The molecule has 7 rings (SSSR count). The molecule has 3 heterocycles. The first-order chi connectivity index (χ1) is 23.8. The van der Waals surface area contributed by atoms with Crippen LogP contribution < -0.4 is 18.9 Å².